The van der Waals surface area contributed by atoms with E-state index in [1.165, 1.54) is 56.4 Å². The first kappa shape index (κ1) is 31.7. The van der Waals surface area contributed by atoms with Crippen molar-refractivity contribution in [2.24, 2.45) is 5.73 Å². The third kappa shape index (κ3) is 6.40. The molecular formula is C29H40F2N6O5S. The molecule has 2 amide bonds. The Hall–Kier alpha value is -2.75. The van der Waals surface area contributed by atoms with Crippen molar-refractivity contribution in [3.05, 3.63) is 35.0 Å². The molecular weight excluding hydrogens is 582 g/mol. The first-order valence-corrected chi connectivity index (χ1v) is 15.2. The van der Waals surface area contributed by atoms with Crippen LogP contribution < -0.4 is 16.0 Å². The number of aromatic nitrogens is 1. The Morgan fingerprint density at radius 1 is 1.26 bits per heavy atom. The molecule has 236 valence electrons. The van der Waals surface area contributed by atoms with Crippen molar-refractivity contribution in [3.8, 4) is 11.3 Å². The molecule has 4 heterocycles. The zero-order valence-electron chi connectivity index (χ0n) is 25.1. The number of alkyl halides is 1. The van der Waals surface area contributed by atoms with Crippen molar-refractivity contribution in [2.75, 3.05) is 65.5 Å². The molecule has 0 radical (unpaired) electrons. The summed E-state index contributed by atoms with van der Waals surface area (Å²) in [7, 11) is 4.97. The van der Waals surface area contributed by atoms with Gasteiger partial charge in [-0.15, -0.1) is 11.3 Å². The molecule has 0 aliphatic carbocycles. The molecule has 1 aromatic heterocycles. The number of likely N-dealkylation sites (N-methyl/N-ethyl adjacent to an activating group) is 1. The third-order valence-electron chi connectivity index (χ3n) is 8.44. The number of amides is 2. The van der Waals surface area contributed by atoms with Crippen molar-refractivity contribution in [1.82, 2.24) is 20.1 Å². The van der Waals surface area contributed by atoms with Crippen LogP contribution in [0.4, 0.5) is 13.9 Å². The van der Waals surface area contributed by atoms with E-state index in [2.05, 4.69) is 27.1 Å². The van der Waals surface area contributed by atoms with Gasteiger partial charge in [0.2, 0.25) is 11.7 Å². The summed E-state index contributed by atoms with van der Waals surface area (Å²) in [6, 6.07) is 1.58. The molecule has 3 saturated heterocycles. The van der Waals surface area contributed by atoms with E-state index in [0.717, 1.165) is 37.4 Å². The minimum atomic E-state index is -1.80. The highest BCUT2D eigenvalue weighted by Gasteiger charge is 2.61. The van der Waals surface area contributed by atoms with Gasteiger partial charge >= 0.3 is 0 Å². The van der Waals surface area contributed by atoms with Gasteiger partial charge in [0, 0.05) is 69.9 Å². The lowest BCUT2D eigenvalue weighted by atomic mass is 9.98. The monoisotopic (exact) mass is 622 g/mol. The van der Waals surface area contributed by atoms with E-state index in [4.69, 9.17) is 19.9 Å². The molecule has 3 fully saturated rings. The van der Waals surface area contributed by atoms with Gasteiger partial charge in [0.15, 0.2) is 5.13 Å². The Labute approximate surface area is 254 Å². The second kappa shape index (κ2) is 12.3. The van der Waals surface area contributed by atoms with E-state index < -0.39 is 53.3 Å². The number of nitrogens with one attached hydrogen (secondary N) is 1. The summed E-state index contributed by atoms with van der Waals surface area (Å²) in [5.74, 6) is -3.15. The summed E-state index contributed by atoms with van der Waals surface area (Å²) >= 11 is 1.45. The minimum Gasteiger partial charge on any atom is -0.368 e. The number of fused-ring (bicyclic) bond motifs is 1. The van der Waals surface area contributed by atoms with Crippen LogP contribution in [0.25, 0.3) is 11.3 Å². The first-order valence-electron chi connectivity index (χ1n) is 14.3. The number of rotatable bonds is 9. The number of hydrogen-bond donors (Lipinski definition) is 2. The van der Waals surface area contributed by atoms with Crippen molar-refractivity contribution in [3.63, 3.8) is 0 Å². The van der Waals surface area contributed by atoms with Crippen LogP contribution in [0.15, 0.2) is 23.6 Å². The maximum atomic E-state index is 15.3. The molecule has 0 bridgehead atoms. The zero-order chi connectivity index (χ0) is 31.1. The maximum Gasteiger partial charge on any atom is 0.252 e. The van der Waals surface area contributed by atoms with Crippen molar-refractivity contribution in [1.29, 1.82) is 0 Å². The van der Waals surface area contributed by atoms with Gasteiger partial charge in [-0.25, -0.2) is 13.8 Å². The summed E-state index contributed by atoms with van der Waals surface area (Å²) < 4.78 is 47.3. The van der Waals surface area contributed by atoms with Crippen LogP contribution >= 0.6 is 11.3 Å². The van der Waals surface area contributed by atoms with Gasteiger partial charge in [-0.1, -0.05) is 0 Å². The number of benzene rings is 1. The molecule has 11 nitrogen and oxygen atoms in total. The van der Waals surface area contributed by atoms with Gasteiger partial charge in [0.25, 0.3) is 5.91 Å². The van der Waals surface area contributed by atoms with Gasteiger partial charge < -0.3 is 40.0 Å². The first-order chi connectivity index (χ1) is 20.4. The molecule has 2 aromatic rings. The smallest absolute Gasteiger partial charge is 0.252 e. The Morgan fingerprint density at radius 3 is 2.58 bits per heavy atom. The Morgan fingerprint density at radius 2 is 1.95 bits per heavy atom. The lowest BCUT2D eigenvalue weighted by Gasteiger charge is -2.37. The number of likely N-dealkylation sites (tertiary alicyclic amines) is 1. The predicted molar refractivity (Wildman–Crippen MR) is 158 cm³/mol. The summed E-state index contributed by atoms with van der Waals surface area (Å²) in [6.45, 7) is 6.35. The number of ether oxygens (including phenoxy) is 3. The number of methoxy groups -OCH3 is 2. The van der Waals surface area contributed by atoms with E-state index in [1.54, 1.807) is 5.38 Å². The van der Waals surface area contributed by atoms with Crippen molar-refractivity contribution >= 4 is 28.3 Å². The lowest BCUT2D eigenvalue weighted by Crippen LogP contribution is -2.59. The number of piperazine rings is 1. The third-order valence-corrected chi connectivity index (χ3v) is 9.35. The second-order valence-corrected chi connectivity index (χ2v) is 12.9. The van der Waals surface area contributed by atoms with Gasteiger partial charge in [-0.3, -0.25) is 9.59 Å². The summed E-state index contributed by atoms with van der Waals surface area (Å²) in [6.07, 6.45) is -0.870. The number of nitrogens with zero attached hydrogens (tertiary/aromatic N) is 4. The topological polar surface area (TPSA) is 122 Å². The number of halogens is 2. The van der Waals surface area contributed by atoms with Gasteiger partial charge in [-0.05, 0) is 39.1 Å². The molecule has 43 heavy (non-hydrogen) atoms. The summed E-state index contributed by atoms with van der Waals surface area (Å²) in [4.78, 5) is 37.7. The minimum absolute atomic E-state index is 0.00596. The van der Waals surface area contributed by atoms with Crippen LogP contribution in [0.2, 0.25) is 0 Å². The fourth-order valence-electron chi connectivity index (χ4n) is 6.05. The number of carbonyl (C=O) groups excluding carboxylic acids is 2. The SMILES string of the molecule is COC1(OC)COC2C(N)CN(C(=O)C(CC(C)(C)F)NC(=O)c3ccc(-c4csc(N5CCN(C)CC5)n4)c(F)c3)C21. The van der Waals surface area contributed by atoms with Gasteiger partial charge in [-0.2, -0.15) is 0 Å². The summed E-state index contributed by atoms with van der Waals surface area (Å²) in [5, 5.41) is 5.26. The second-order valence-electron chi connectivity index (χ2n) is 12.0. The number of thiazole rings is 1. The van der Waals surface area contributed by atoms with Crippen LogP contribution in [-0.2, 0) is 19.0 Å². The van der Waals surface area contributed by atoms with Crippen LogP contribution in [0, 0.1) is 5.82 Å². The Bertz CT molecular complexity index is 1330. The molecule has 5 rings (SSSR count). The van der Waals surface area contributed by atoms with Gasteiger partial charge in [0.05, 0.1) is 11.7 Å². The quantitative estimate of drug-likeness (QED) is 0.404. The summed E-state index contributed by atoms with van der Waals surface area (Å²) in [5.41, 5.74) is 5.22. The molecule has 3 aliphatic rings. The van der Waals surface area contributed by atoms with Crippen LogP contribution in [-0.4, -0.2) is 123 Å². The molecule has 0 spiro atoms. The molecule has 4 unspecified atom stereocenters. The predicted octanol–water partition coefficient (Wildman–Crippen LogP) is 1.86. The largest absolute Gasteiger partial charge is 0.368 e. The maximum absolute atomic E-state index is 15.3. The number of nitrogens with two attached hydrogens (primary N) is 1. The average Bonchev–Trinajstić information content (AvgIpc) is 3.68. The number of anilines is 1. The average molecular weight is 623 g/mol. The highest BCUT2D eigenvalue weighted by Crippen LogP contribution is 2.39. The van der Waals surface area contributed by atoms with Gasteiger partial charge in [0.1, 0.15) is 36.3 Å². The van der Waals surface area contributed by atoms with E-state index in [0.29, 0.717) is 5.69 Å². The molecule has 3 aliphatic heterocycles. The highest BCUT2D eigenvalue weighted by atomic mass is 32.1. The standard InChI is InChI=1S/C29H40F2N6O5S/c1-28(2,31)13-21(26(39)37-14-20(32)23-24(37)29(40-4,41-5)16-42-23)33-25(38)17-6-7-18(19(30)12-17)22-15-43-27(34-22)36-10-8-35(3)9-11-36/h6-7,12,15,20-21,23-24H,8-11,13-14,16,32H2,1-5H3,(H,33,38). The molecule has 3 N–H and O–H groups in total. The van der Waals surface area contributed by atoms with Crippen molar-refractivity contribution in [2.45, 2.75) is 56.0 Å². The Balaban J connectivity index is 1.33. The molecule has 14 heteroatoms. The van der Waals surface area contributed by atoms with Crippen molar-refractivity contribution < 1.29 is 32.6 Å². The lowest BCUT2D eigenvalue weighted by molar-refractivity contribution is -0.227. The van der Waals surface area contributed by atoms with E-state index >= 15 is 4.39 Å². The van der Waals surface area contributed by atoms with Crippen LogP contribution in [0.5, 0.6) is 0 Å². The molecule has 1 aromatic carbocycles. The normalized spacial score (nSPS) is 24.7. The van der Waals surface area contributed by atoms with E-state index in [-0.39, 0.29) is 30.7 Å². The number of hydrogen-bond acceptors (Lipinski definition) is 10. The molecule has 4 atom stereocenters. The molecule has 0 saturated carbocycles. The zero-order valence-corrected chi connectivity index (χ0v) is 26.0. The highest BCUT2D eigenvalue weighted by molar-refractivity contribution is 7.14. The number of carbonyl (C=O) groups is 2. The van der Waals surface area contributed by atoms with E-state index in [1.807, 2.05) is 0 Å². The fraction of sp³-hybridized carbons (Fsp3) is 0.621. The van der Waals surface area contributed by atoms with Crippen LogP contribution in [0.3, 0.4) is 0 Å². The van der Waals surface area contributed by atoms with E-state index in [9.17, 15) is 14.0 Å². The Kier molecular flexibility index (Phi) is 9.08. The van der Waals surface area contributed by atoms with Crippen LogP contribution in [0.1, 0.15) is 30.6 Å². The fourth-order valence-corrected chi connectivity index (χ4v) is 6.93.